The third-order valence-corrected chi connectivity index (χ3v) is 9.34. The lowest BCUT2D eigenvalue weighted by Crippen LogP contribution is -2.42. The molecule has 1 aromatic heterocycles. The number of nitrogens with one attached hydrogen (secondary N) is 3. The largest absolute Gasteiger partial charge is 0.493 e. The Bertz CT molecular complexity index is 1820. The number of halogens is 2. The maximum atomic E-state index is 15.3. The zero-order valence-electron chi connectivity index (χ0n) is 26.0. The molecule has 47 heavy (non-hydrogen) atoms. The number of amides is 2. The molecular weight excluding hydrogens is 606 g/mol. The van der Waals surface area contributed by atoms with Crippen LogP contribution in [0.5, 0.6) is 23.0 Å². The second-order valence-corrected chi connectivity index (χ2v) is 12.8. The van der Waals surface area contributed by atoms with Gasteiger partial charge in [-0.05, 0) is 87.1 Å². The molecule has 0 unspecified atom stereocenters. The number of carbonyl (C=O) groups is 2. The first-order chi connectivity index (χ1) is 22.8. The van der Waals surface area contributed by atoms with E-state index >= 15 is 4.39 Å². The van der Waals surface area contributed by atoms with Gasteiger partial charge in [0.25, 0.3) is 0 Å². The third kappa shape index (κ3) is 6.58. The van der Waals surface area contributed by atoms with Gasteiger partial charge < -0.3 is 30.2 Å². The van der Waals surface area contributed by atoms with Crippen LogP contribution in [-0.4, -0.2) is 42.1 Å². The number of anilines is 2. The van der Waals surface area contributed by atoms with Crippen molar-refractivity contribution in [2.24, 2.45) is 5.41 Å². The predicted molar refractivity (Wildman–Crippen MR) is 173 cm³/mol. The summed E-state index contributed by atoms with van der Waals surface area (Å²) in [5.74, 6) is -0.773. The molecule has 3 saturated carbocycles. The lowest BCUT2D eigenvalue weighted by Gasteiger charge is -2.23. The highest BCUT2D eigenvalue weighted by molar-refractivity contribution is 6.16. The van der Waals surface area contributed by atoms with E-state index in [0.717, 1.165) is 18.9 Å². The van der Waals surface area contributed by atoms with Crippen LogP contribution in [0, 0.1) is 17.0 Å². The maximum absolute atomic E-state index is 15.3. The summed E-state index contributed by atoms with van der Waals surface area (Å²) in [6.07, 6.45) is 9.41. The number of aromatic nitrogens is 1. The number of methoxy groups -OCH3 is 1. The van der Waals surface area contributed by atoms with Crippen molar-refractivity contribution in [1.29, 1.82) is 0 Å². The average molecular weight is 643 g/mol. The number of hydrogen-bond acceptors (Lipinski definition) is 7. The minimum absolute atomic E-state index is 0.00613. The standard InChI is InChI=1S/C36H36F2N4O5/c1-45-31-19-26-28(20-32(31)46-21-35(13-14-35)42-24-4-2-3-5-24)39-17-12-29(26)47-30-11-10-25(18-27(30)38)41-34(44)36(15-16-36)33(43)40-23-8-6-22(37)7-9-23/h6-12,17-20,24,42H,2-5,13-16,21H2,1H3,(H,40,43)(H,41,44). The van der Waals surface area contributed by atoms with Gasteiger partial charge in [0.1, 0.15) is 23.6 Å². The molecule has 244 valence electrons. The zero-order valence-corrected chi connectivity index (χ0v) is 26.0. The molecule has 0 spiro atoms. The average Bonchev–Trinajstić information content (AvgIpc) is 3.99. The molecule has 0 radical (unpaired) electrons. The fourth-order valence-electron chi connectivity index (χ4n) is 6.19. The second-order valence-electron chi connectivity index (χ2n) is 12.8. The highest BCUT2D eigenvalue weighted by Gasteiger charge is 2.56. The van der Waals surface area contributed by atoms with Crippen molar-refractivity contribution in [2.75, 3.05) is 24.4 Å². The quantitative estimate of drug-likeness (QED) is 0.141. The van der Waals surface area contributed by atoms with Crippen molar-refractivity contribution >= 4 is 34.1 Å². The highest BCUT2D eigenvalue weighted by Crippen LogP contribution is 2.48. The SMILES string of the molecule is COc1cc2c(Oc3ccc(NC(=O)C4(C(=O)Nc5ccc(F)cc5)CC4)cc3F)ccnc2cc1OCC1(NC2CCCC2)CC1. The Labute approximate surface area is 271 Å². The summed E-state index contributed by atoms with van der Waals surface area (Å²) in [5.41, 5.74) is -0.105. The number of fused-ring (bicyclic) bond motifs is 1. The van der Waals surface area contributed by atoms with E-state index in [-0.39, 0.29) is 17.0 Å². The van der Waals surface area contributed by atoms with Crippen molar-refractivity contribution in [1.82, 2.24) is 10.3 Å². The minimum Gasteiger partial charge on any atom is -0.493 e. The number of hydrogen-bond donors (Lipinski definition) is 3. The van der Waals surface area contributed by atoms with Gasteiger partial charge in [0, 0.05) is 41.1 Å². The molecule has 3 aliphatic rings. The van der Waals surface area contributed by atoms with E-state index in [1.807, 2.05) is 6.07 Å². The molecule has 0 saturated heterocycles. The molecule has 1 heterocycles. The molecule has 4 aromatic rings. The molecule has 0 bridgehead atoms. The topological polar surface area (TPSA) is 111 Å². The smallest absolute Gasteiger partial charge is 0.240 e. The molecule has 0 atom stereocenters. The molecule has 0 aliphatic heterocycles. The van der Waals surface area contributed by atoms with Gasteiger partial charge in [0.15, 0.2) is 23.1 Å². The number of ether oxygens (including phenoxy) is 3. The van der Waals surface area contributed by atoms with Gasteiger partial charge in [-0.3, -0.25) is 14.6 Å². The second kappa shape index (κ2) is 12.4. The number of nitrogens with zero attached hydrogens (tertiary/aromatic N) is 1. The Morgan fingerprint density at radius 2 is 1.53 bits per heavy atom. The molecule has 3 aromatic carbocycles. The van der Waals surface area contributed by atoms with Gasteiger partial charge in [0.05, 0.1) is 18.2 Å². The summed E-state index contributed by atoms with van der Waals surface area (Å²) in [7, 11) is 1.57. The predicted octanol–water partition coefficient (Wildman–Crippen LogP) is 7.11. The van der Waals surface area contributed by atoms with Gasteiger partial charge in [0.2, 0.25) is 11.8 Å². The van der Waals surface area contributed by atoms with Gasteiger partial charge in [-0.2, -0.15) is 0 Å². The first-order valence-corrected chi connectivity index (χ1v) is 16.0. The Morgan fingerprint density at radius 3 is 2.19 bits per heavy atom. The Hall–Kier alpha value is -4.77. The number of carbonyl (C=O) groups excluding carboxylic acids is 2. The summed E-state index contributed by atoms with van der Waals surface area (Å²) in [5, 5.41) is 9.72. The van der Waals surface area contributed by atoms with E-state index in [9.17, 15) is 14.0 Å². The van der Waals surface area contributed by atoms with Crippen molar-refractivity contribution < 1.29 is 32.6 Å². The van der Waals surface area contributed by atoms with Gasteiger partial charge in [-0.15, -0.1) is 0 Å². The Balaban J connectivity index is 1.02. The van der Waals surface area contributed by atoms with Crippen LogP contribution in [0.25, 0.3) is 10.9 Å². The lowest BCUT2D eigenvalue weighted by atomic mass is 10.0. The van der Waals surface area contributed by atoms with Crippen molar-refractivity contribution in [3.63, 3.8) is 0 Å². The van der Waals surface area contributed by atoms with E-state index in [0.29, 0.717) is 59.3 Å². The molecule has 3 fully saturated rings. The van der Waals surface area contributed by atoms with Gasteiger partial charge in [-0.1, -0.05) is 12.8 Å². The van der Waals surface area contributed by atoms with Crippen LogP contribution in [0.1, 0.15) is 51.4 Å². The van der Waals surface area contributed by atoms with Crippen molar-refractivity contribution in [3.05, 3.63) is 78.5 Å². The van der Waals surface area contributed by atoms with Crippen LogP contribution >= 0.6 is 0 Å². The summed E-state index contributed by atoms with van der Waals surface area (Å²) in [4.78, 5) is 30.4. The van der Waals surface area contributed by atoms with E-state index < -0.39 is 28.9 Å². The number of pyridine rings is 1. The summed E-state index contributed by atoms with van der Waals surface area (Å²) in [6, 6.07) is 15.1. The summed E-state index contributed by atoms with van der Waals surface area (Å²) in [6.45, 7) is 0.537. The third-order valence-electron chi connectivity index (χ3n) is 9.34. The monoisotopic (exact) mass is 642 g/mol. The van der Waals surface area contributed by atoms with Crippen molar-refractivity contribution in [3.8, 4) is 23.0 Å². The molecule has 3 aliphatic carbocycles. The number of benzene rings is 3. The van der Waals surface area contributed by atoms with Crippen LogP contribution < -0.4 is 30.2 Å². The van der Waals surface area contributed by atoms with Gasteiger partial charge >= 0.3 is 0 Å². The Morgan fingerprint density at radius 1 is 0.830 bits per heavy atom. The van der Waals surface area contributed by atoms with Crippen LogP contribution in [0.2, 0.25) is 0 Å². The van der Waals surface area contributed by atoms with E-state index in [2.05, 4.69) is 20.9 Å². The molecular formula is C36H36F2N4O5. The van der Waals surface area contributed by atoms with Gasteiger partial charge in [-0.25, -0.2) is 8.78 Å². The van der Waals surface area contributed by atoms with E-state index in [4.69, 9.17) is 14.2 Å². The zero-order chi connectivity index (χ0) is 32.6. The maximum Gasteiger partial charge on any atom is 0.240 e. The fourth-order valence-corrected chi connectivity index (χ4v) is 6.19. The molecule has 3 N–H and O–H groups in total. The first kappa shape index (κ1) is 30.9. The highest BCUT2D eigenvalue weighted by atomic mass is 19.1. The molecule has 9 nitrogen and oxygen atoms in total. The minimum atomic E-state index is -1.27. The Kier molecular flexibility index (Phi) is 8.17. The lowest BCUT2D eigenvalue weighted by molar-refractivity contribution is -0.131. The fraction of sp³-hybridized carbons (Fsp3) is 0.361. The molecule has 7 rings (SSSR count). The van der Waals surface area contributed by atoms with Crippen LogP contribution in [0.4, 0.5) is 20.2 Å². The first-order valence-electron chi connectivity index (χ1n) is 16.0. The van der Waals surface area contributed by atoms with Crippen LogP contribution in [0.15, 0.2) is 66.9 Å². The summed E-state index contributed by atoms with van der Waals surface area (Å²) >= 11 is 0. The number of rotatable bonds is 12. The summed E-state index contributed by atoms with van der Waals surface area (Å²) < 4.78 is 46.4. The van der Waals surface area contributed by atoms with Crippen molar-refractivity contribution in [2.45, 2.75) is 62.9 Å². The van der Waals surface area contributed by atoms with Crippen LogP contribution in [0.3, 0.4) is 0 Å². The molecule has 2 amide bonds. The molecule has 11 heteroatoms. The normalized spacial score (nSPS) is 17.6. The van der Waals surface area contributed by atoms with E-state index in [1.165, 1.54) is 62.1 Å². The van der Waals surface area contributed by atoms with E-state index in [1.54, 1.807) is 25.4 Å². The van der Waals surface area contributed by atoms with Crippen LogP contribution in [-0.2, 0) is 9.59 Å².